The highest BCUT2D eigenvalue weighted by Crippen LogP contribution is 2.46. The summed E-state index contributed by atoms with van der Waals surface area (Å²) in [7, 11) is 1.40. The van der Waals surface area contributed by atoms with E-state index >= 15 is 0 Å². The second-order valence-corrected chi connectivity index (χ2v) is 10.2. The fraction of sp³-hybridized carbons (Fsp3) is 0.273. The molecule has 0 amide bonds. The monoisotopic (exact) mass is 505 g/mol. The van der Waals surface area contributed by atoms with E-state index in [2.05, 4.69) is 28.8 Å². The van der Waals surface area contributed by atoms with E-state index in [1.54, 1.807) is 0 Å². The Morgan fingerprint density at radius 1 is 0.895 bits per heavy atom. The molecule has 2 heterocycles. The molecule has 1 aliphatic heterocycles. The van der Waals surface area contributed by atoms with E-state index in [0.717, 1.165) is 46.1 Å². The van der Waals surface area contributed by atoms with Gasteiger partial charge in [0.1, 0.15) is 6.61 Å². The Balaban J connectivity index is 1.50. The Labute approximate surface area is 222 Å². The maximum Gasteiger partial charge on any atom is 0.337 e. The van der Waals surface area contributed by atoms with Crippen molar-refractivity contribution in [2.45, 2.75) is 51.2 Å². The molecule has 192 valence electrons. The first kappa shape index (κ1) is 24.2. The van der Waals surface area contributed by atoms with Gasteiger partial charge in [-0.3, -0.25) is 0 Å². The van der Waals surface area contributed by atoms with Gasteiger partial charge in [0.15, 0.2) is 0 Å². The van der Waals surface area contributed by atoms with E-state index < -0.39 is 0 Å². The minimum Gasteiger partial charge on any atom is -0.465 e. The minimum absolute atomic E-state index is 0.220. The largest absolute Gasteiger partial charge is 0.465 e. The van der Waals surface area contributed by atoms with Crippen molar-refractivity contribution in [2.24, 2.45) is 0 Å². The topological polar surface area (TPSA) is 57.5 Å². The van der Waals surface area contributed by atoms with Gasteiger partial charge >= 0.3 is 11.9 Å². The van der Waals surface area contributed by atoms with Crippen molar-refractivity contribution in [1.29, 1.82) is 0 Å². The highest BCUT2D eigenvalue weighted by atomic mass is 16.5. The Kier molecular flexibility index (Phi) is 6.59. The quantitative estimate of drug-likeness (QED) is 0.267. The first-order chi connectivity index (χ1) is 18.6. The maximum absolute atomic E-state index is 13.4. The first-order valence-electron chi connectivity index (χ1n) is 13.4. The summed E-state index contributed by atoms with van der Waals surface area (Å²) in [6.07, 6.45) is 7.96. The van der Waals surface area contributed by atoms with Crippen molar-refractivity contribution >= 4 is 28.9 Å². The van der Waals surface area contributed by atoms with E-state index in [1.807, 2.05) is 54.6 Å². The summed E-state index contributed by atoms with van der Waals surface area (Å²) in [6, 6.07) is 23.8. The predicted octanol–water partition coefficient (Wildman–Crippen LogP) is 7.28. The SMILES string of the molecule is COC(=O)c1ccc2c(C3CCCCC3)c3n(c2c1)CC(C(=O)OCc1ccccc1)=Cc1ccccc1-3. The highest BCUT2D eigenvalue weighted by molar-refractivity contribution is 6.02. The third-order valence-corrected chi connectivity index (χ3v) is 7.89. The summed E-state index contributed by atoms with van der Waals surface area (Å²) < 4.78 is 13.0. The molecule has 1 saturated carbocycles. The van der Waals surface area contributed by atoms with Crippen LogP contribution in [0.5, 0.6) is 0 Å². The van der Waals surface area contributed by atoms with E-state index in [1.165, 1.54) is 31.9 Å². The molecular formula is C33H31NO4. The molecule has 1 aliphatic carbocycles. The number of carbonyl (C=O) groups excluding carboxylic acids is 2. The number of esters is 2. The second-order valence-electron chi connectivity index (χ2n) is 10.2. The number of nitrogens with zero attached hydrogens (tertiary/aromatic N) is 1. The normalized spacial score (nSPS) is 15.2. The molecule has 5 heteroatoms. The van der Waals surface area contributed by atoms with Gasteiger partial charge in [0.05, 0.1) is 30.5 Å². The van der Waals surface area contributed by atoms with Crippen LogP contribution in [0.15, 0.2) is 78.4 Å². The fourth-order valence-electron chi connectivity index (χ4n) is 6.06. The predicted molar refractivity (Wildman–Crippen MR) is 149 cm³/mol. The number of ether oxygens (including phenoxy) is 2. The van der Waals surface area contributed by atoms with Crippen molar-refractivity contribution in [3.05, 3.63) is 101 Å². The third-order valence-electron chi connectivity index (χ3n) is 7.89. The van der Waals surface area contributed by atoms with Crippen molar-refractivity contribution in [1.82, 2.24) is 4.57 Å². The number of rotatable bonds is 5. The zero-order valence-corrected chi connectivity index (χ0v) is 21.6. The van der Waals surface area contributed by atoms with E-state index in [9.17, 15) is 9.59 Å². The molecule has 0 radical (unpaired) electrons. The molecule has 0 N–H and O–H groups in total. The average molecular weight is 506 g/mol. The van der Waals surface area contributed by atoms with Gasteiger partial charge < -0.3 is 14.0 Å². The zero-order chi connectivity index (χ0) is 26.1. The summed E-state index contributed by atoms with van der Waals surface area (Å²) >= 11 is 0. The van der Waals surface area contributed by atoms with Crippen LogP contribution in [0.25, 0.3) is 28.2 Å². The van der Waals surface area contributed by atoms with E-state index in [-0.39, 0.29) is 18.5 Å². The van der Waals surface area contributed by atoms with Crippen LogP contribution in [-0.4, -0.2) is 23.6 Å². The third kappa shape index (κ3) is 4.43. The molecule has 6 rings (SSSR count). The number of benzene rings is 3. The molecule has 0 spiro atoms. The van der Waals surface area contributed by atoms with Crippen molar-refractivity contribution in [3.8, 4) is 11.3 Å². The van der Waals surface area contributed by atoms with Gasteiger partial charge in [-0.15, -0.1) is 0 Å². The summed E-state index contributed by atoms with van der Waals surface area (Å²) in [6.45, 7) is 0.587. The lowest BCUT2D eigenvalue weighted by Gasteiger charge is -2.24. The van der Waals surface area contributed by atoms with Crippen molar-refractivity contribution < 1.29 is 19.1 Å². The van der Waals surface area contributed by atoms with Crippen LogP contribution in [0.2, 0.25) is 0 Å². The Bertz CT molecular complexity index is 1540. The molecular weight excluding hydrogens is 474 g/mol. The van der Waals surface area contributed by atoms with Crippen molar-refractivity contribution in [3.63, 3.8) is 0 Å². The average Bonchev–Trinajstić information content (AvgIpc) is 3.18. The lowest BCUT2D eigenvalue weighted by atomic mass is 9.81. The van der Waals surface area contributed by atoms with Gasteiger partial charge in [0.2, 0.25) is 0 Å². The van der Waals surface area contributed by atoms with Crippen LogP contribution in [0.4, 0.5) is 0 Å². The summed E-state index contributed by atoms with van der Waals surface area (Å²) in [5.74, 6) is -0.262. The molecule has 38 heavy (non-hydrogen) atoms. The smallest absolute Gasteiger partial charge is 0.337 e. The molecule has 5 nitrogen and oxygen atoms in total. The van der Waals surface area contributed by atoms with Gasteiger partial charge in [-0.1, -0.05) is 79.9 Å². The molecule has 1 fully saturated rings. The van der Waals surface area contributed by atoms with Gasteiger partial charge in [-0.2, -0.15) is 0 Å². The molecule has 4 aromatic rings. The molecule has 0 unspecified atom stereocenters. The zero-order valence-electron chi connectivity index (χ0n) is 21.6. The molecule has 3 aromatic carbocycles. The summed E-state index contributed by atoms with van der Waals surface area (Å²) in [5, 5.41) is 1.15. The van der Waals surface area contributed by atoms with E-state index in [0.29, 0.717) is 23.6 Å². The van der Waals surface area contributed by atoms with Crippen LogP contribution in [0, 0.1) is 0 Å². The lowest BCUT2D eigenvalue weighted by molar-refractivity contribution is -0.140. The van der Waals surface area contributed by atoms with Crippen molar-refractivity contribution in [2.75, 3.05) is 7.11 Å². The number of aromatic nitrogens is 1. The molecule has 0 atom stereocenters. The van der Waals surface area contributed by atoms with Crippen LogP contribution in [0.3, 0.4) is 0 Å². The minimum atomic E-state index is -0.367. The number of methoxy groups -OCH3 is 1. The van der Waals surface area contributed by atoms with Gasteiger partial charge in [-0.05, 0) is 53.7 Å². The Morgan fingerprint density at radius 2 is 1.66 bits per heavy atom. The standard InChI is InChI=1S/C33H31NO4/c1-37-32(35)25-16-17-28-29(19-25)34-20-26(33(36)38-21-22-10-4-2-5-11-22)18-24-14-8-9-15-27(24)31(34)30(28)23-12-6-3-7-13-23/h2,4-5,8-11,14-19,23H,3,6-7,12-13,20-21H2,1H3. The number of hydrogen-bond donors (Lipinski definition) is 0. The number of carbonyl (C=O) groups is 2. The van der Waals surface area contributed by atoms with Gasteiger partial charge in [0.25, 0.3) is 0 Å². The highest BCUT2D eigenvalue weighted by Gasteiger charge is 2.30. The molecule has 0 saturated heterocycles. The Hall–Kier alpha value is -4.12. The van der Waals surface area contributed by atoms with Crippen LogP contribution in [-0.2, 0) is 27.4 Å². The van der Waals surface area contributed by atoms with E-state index in [4.69, 9.17) is 9.47 Å². The maximum atomic E-state index is 13.4. The number of fused-ring (bicyclic) bond motifs is 5. The lowest BCUT2D eigenvalue weighted by Crippen LogP contribution is -2.13. The van der Waals surface area contributed by atoms with Gasteiger partial charge in [-0.25, -0.2) is 9.59 Å². The summed E-state index contributed by atoms with van der Waals surface area (Å²) in [4.78, 5) is 25.9. The van der Waals surface area contributed by atoms with Crippen LogP contribution in [0.1, 0.15) is 65.1 Å². The van der Waals surface area contributed by atoms with Crippen LogP contribution < -0.4 is 0 Å². The fourth-order valence-corrected chi connectivity index (χ4v) is 6.06. The summed E-state index contributed by atoms with van der Waals surface area (Å²) in [5.41, 5.74) is 7.57. The molecule has 2 aliphatic rings. The second kappa shape index (κ2) is 10.3. The van der Waals surface area contributed by atoms with Crippen LogP contribution >= 0.6 is 0 Å². The van der Waals surface area contributed by atoms with Gasteiger partial charge in [0, 0.05) is 16.5 Å². The molecule has 0 bridgehead atoms. The molecule has 1 aromatic heterocycles. The Morgan fingerprint density at radius 3 is 2.45 bits per heavy atom. The first-order valence-corrected chi connectivity index (χ1v) is 13.4. The number of hydrogen-bond acceptors (Lipinski definition) is 4.